The van der Waals surface area contributed by atoms with E-state index in [4.69, 9.17) is 13.9 Å². The molecule has 172 valence electrons. The lowest BCUT2D eigenvalue weighted by Gasteiger charge is -2.24. The maximum Gasteiger partial charge on any atom is 0.296 e. The van der Waals surface area contributed by atoms with Gasteiger partial charge in [-0.25, -0.2) is 4.98 Å². The first-order valence-corrected chi connectivity index (χ1v) is 11.4. The minimum absolute atomic E-state index is 0.0289. The van der Waals surface area contributed by atoms with Crippen LogP contribution in [0.3, 0.4) is 0 Å². The number of fused-ring (bicyclic) bond motifs is 1. The van der Waals surface area contributed by atoms with Crippen molar-refractivity contribution in [3.63, 3.8) is 0 Å². The van der Waals surface area contributed by atoms with E-state index in [2.05, 4.69) is 4.98 Å². The van der Waals surface area contributed by atoms with E-state index in [0.29, 0.717) is 34.3 Å². The standard InChI is InChI=1S/C25H20N2O6S/c1-3-32-15-8-6-14(7-9-15)21-20(22(28)18-5-4-12-33-18)23(29)24(30)27(21)25-26-17-11-10-16(31-2)13-19(17)34-25/h4-13,21,29H,3H2,1-2H3/t21-/m0/s1. The largest absolute Gasteiger partial charge is 0.503 e. The molecule has 4 aromatic rings. The lowest BCUT2D eigenvalue weighted by atomic mass is 9.95. The Labute approximate surface area is 198 Å². The number of aliphatic hydroxyl groups excluding tert-OH is 1. The van der Waals surface area contributed by atoms with Crippen molar-refractivity contribution in [1.29, 1.82) is 0 Å². The number of furan rings is 1. The Kier molecular flexibility index (Phi) is 5.54. The second kappa shape index (κ2) is 8.68. The number of aromatic nitrogens is 1. The zero-order valence-corrected chi connectivity index (χ0v) is 19.2. The Bertz CT molecular complexity index is 1410. The van der Waals surface area contributed by atoms with Gasteiger partial charge in [-0.1, -0.05) is 23.5 Å². The van der Waals surface area contributed by atoms with Gasteiger partial charge in [0.15, 0.2) is 16.7 Å². The van der Waals surface area contributed by atoms with Crippen LogP contribution in [0, 0.1) is 0 Å². The van der Waals surface area contributed by atoms with Crippen LogP contribution in [-0.4, -0.2) is 35.5 Å². The van der Waals surface area contributed by atoms with Crippen LogP contribution in [0.1, 0.15) is 29.1 Å². The normalized spacial score (nSPS) is 15.9. The molecule has 2 aromatic carbocycles. The molecule has 1 amide bonds. The molecule has 0 saturated carbocycles. The Morgan fingerprint density at radius 1 is 1.18 bits per heavy atom. The molecule has 0 saturated heterocycles. The molecule has 2 aromatic heterocycles. The van der Waals surface area contributed by atoms with Crippen molar-refractivity contribution in [2.24, 2.45) is 0 Å². The molecule has 0 bridgehead atoms. The number of methoxy groups -OCH3 is 1. The first kappa shape index (κ1) is 21.7. The number of anilines is 1. The van der Waals surface area contributed by atoms with E-state index < -0.39 is 23.5 Å². The molecule has 9 heteroatoms. The van der Waals surface area contributed by atoms with Gasteiger partial charge in [0, 0.05) is 0 Å². The Morgan fingerprint density at radius 3 is 2.62 bits per heavy atom. The summed E-state index contributed by atoms with van der Waals surface area (Å²) in [5, 5.41) is 11.2. The van der Waals surface area contributed by atoms with Crippen LogP contribution in [0.5, 0.6) is 11.5 Å². The van der Waals surface area contributed by atoms with Gasteiger partial charge in [-0.3, -0.25) is 14.5 Å². The third-order valence-corrected chi connectivity index (χ3v) is 6.51. The molecule has 1 aliphatic heterocycles. The highest BCUT2D eigenvalue weighted by molar-refractivity contribution is 7.22. The summed E-state index contributed by atoms with van der Waals surface area (Å²) in [6.07, 6.45) is 1.37. The van der Waals surface area contributed by atoms with Gasteiger partial charge in [-0.15, -0.1) is 0 Å². The summed E-state index contributed by atoms with van der Waals surface area (Å²) in [5.74, 6) is -0.562. The smallest absolute Gasteiger partial charge is 0.296 e. The topological polar surface area (TPSA) is 102 Å². The molecule has 1 aliphatic rings. The van der Waals surface area contributed by atoms with Gasteiger partial charge in [-0.2, -0.15) is 0 Å². The van der Waals surface area contributed by atoms with E-state index in [1.165, 1.54) is 28.6 Å². The van der Waals surface area contributed by atoms with Crippen molar-refractivity contribution < 1.29 is 28.6 Å². The molecular weight excluding hydrogens is 456 g/mol. The second-order valence-electron chi connectivity index (χ2n) is 7.48. The molecule has 0 aliphatic carbocycles. The Balaban J connectivity index is 1.64. The molecule has 8 nitrogen and oxygen atoms in total. The molecule has 34 heavy (non-hydrogen) atoms. The molecule has 1 N–H and O–H groups in total. The van der Waals surface area contributed by atoms with Crippen LogP contribution < -0.4 is 14.4 Å². The van der Waals surface area contributed by atoms with Gasteiger partial charge in [0.1, 0.15) is 11.5 Å². The van der Waals surface area contributed by atoms with Crippen LogP contribution in [0.15, 0.2) is 76.6 Å². The summed E-state index contributed by atoms with van der Waals surface area (Å²) in [7, 11) is 1.57. The van der Waals surface area contributed by atoms with Crippen LogP contribution in [0.2, 0.25) is 0 Å². The van der Waals surface area contributed by atoms with Gasteiger partial charge >= 0.3 is 0 Å². The van der Waals surface area contributed by atoms with Crippen molar-refractivity contribution in [3.8, 4) is 11.5 Å². The van der Waals surface area contributed by atoms with Crippen LogP contribution in [0.25, 0.3) is 10.2 Å². The van der Waals surface area contributed by atoms with E-state index in [-0.39, 0.29) is 11.3 Å². The minimum Gasteiger partial charge on any atom is -0.503 e. The van der Waals surface area contributed by atoms with E-state index >= 15 is 0 Å². The average molecular weight is 477 g/mol. The van der Waals surface area contributed by atoms with E-state index in [1.807, 2.05) is 13.0 Å². The summed E-state index contributed by atoms with van der Waals surface area (Å²) in [6, 6.07) is 14.6. The quantitative estimate of drug-likeness (QED) is 0.371. The molecule has 0 fully saturated rings. The number of ketones is 1. The third kappa shape index (κ3) is 3.60. The summed E-state index contributed by atoms with van der Waals surface area (Å²) in [5.41, 5.74) is 1.22. The number of amides is 1. The molecule has 0 spiro atoms. The molecule has 1 atom stereocenters. The van der Waals surface area contributed by atoms with E-state index in [9.17, 15) is 14.7 Å². The Hall–Kier alpha value is -4.11. The summed E-state index contributed by atoms with van der Waals surface area (Å²) >= 11 is 1.27. The summed E-state index contributed by atoms with van der Waals surface area (Å²) in [6.45, 7) is 2.39. The highest BCUT2D eigenvalue weighted by Crippen LogP contribution is 2.44. The highest BCUT2D eigenvalue weighted by Gasteiger charge is 2.46. The van der Waals surface area contributed by atoms with E-state index in [0.717, 1.165) is 4.70 Å². The number of hydrogen-bond donors (Lipinski definition) is 1. The SMILES string of the molecule is CCOc1ccc([C@H]2C(C(=O)c3ccco3)=C(O)C(=O)N2c2nc3ccc(OC)cc3s2)cc1. The number of benzene rings is 2. The lowest BCUT2D eigenvalue weighted by Crippen LogP contribution is -2.30. The van der Waals surface area contributed by atoms with E-state index in [1.54, 1.807) is 49.6 Å². The molecule has 5 rings (SSSR count). The number of Topliss-reactive ketones (excluding diaryl/α,β-unsaturated/α-hetero) is 1. The number of hydrogen-bond acceptors (Lipinski definition) is 8. The summed E-state index contributed by atoms with van der Waals surface area (Å²) in [4.78, 5) is 32.5. The van der Waals surface area contributed by atoms with Crippen molar-refractivity contribution in [3.05, 3.63) is 83.5 Å². The first-order valence-electron chi connectivity index (χ1n) is 10.5. The maximum absolute atomic E-state index is 13.3. The summed E-state index contributed by atoms with van der Waals surface area (Å²) < 4.78 is 16.9. The van der Waals surface area contributed by atoms with Crippen LogP contribution >= 0.6 is 11.3 Å². The molecular formula is C25H20N2O6S. The van der Waals surface area contributed by atoms with Gasteiger partial charge in [0.25, 0.3) is 5.91 Å². The van der Waals surface area contributed by atoms with Crippen molar-refractivity contribution in [2.45, 2.75) is 13.0 Å². The number of carbonyl (C=O) groups excluding carboxylic acids is 2. The lowest BCUT2D eigenvalue weighted by molar-refractivity contribution is -0.117. The zero-order valence-electron chi connectivity index (χ0n) is 18.3. The maximum atomic E-state index is 13.3. The van der Waals surface area contributed by atoms with Crippen molar-refractivity contribution >= 4 is 38.4 Å². The predicted octanol–water partition coefficient (Wildman–Crippen LogP) is 5.08. The zero-order chi connectivity index (χ0) is 23.8. The number of nitrogens with zero attached hydrogens (tertiary/aromatic N) is 2. The fraction of sp³-hybridized carbons (Fsp3) is 0.160. The van der Waals surface area contributed by atoms with Gasteiger partial charge in [0.05, 0.1) is 41.8 Å². The van der Waals surface area contributed by atoms with Crippen LogP contribution in [-0.2, 0) is 4.79 Å². The fourth-order valence-corrected chi connectivity index (χ4v) is 4.95. The molecule has 3 heterocycles. The van der Waals surface area contributed by atoms with Gasteiger partial charge < -0.3 is 19.0 Å². The third-order valence-electron chi connectivity index (χ3n) is 5.49. The monoisotopic (exact) mass is 476 g/mol. The number of aliphatic hydroxyl groups is 1. The van der Waals surface area contributed by atoms with Gasteiger partial charge in [-0.05, 0) is 55.0 Å². The van der Waals surface area contributed by atoms with Crippen molar-refractivity contribution in [2.75, 3.05) is 18.6 Å². The highest BCUT2D eigenvalue weighted by atomic mass is 32.1. The predicted molar refractivity (Wildman–Crippen MR) is 127 cm³/mol. The number of rotatable bonds is 7. The fourth-order valence-electron chi connectivity index (χ4n) is 3.93. The van der Waals surface area contributed by atoms with Crippen molar-refractivity contribution in [1.82, 2.24) is 4.98 Å². The second-order valence-corrected chi connectivity index (χ2v) is 8.49. The number of thiazole rings is 1. The van der Waals surface area contributed by atoms with Gasteiger partial charge in [0.2, 0.25) is 5.78 Å². The Morgan fingerprint density at radius 2 is 1.94 bits per heavy atom. The first-order chi connectivity index (χ1) is 16.5. The number of carbonyl (C=O) groups is 2. The molecule has 0 radical (unpaired) electrons. The molecule has 0 unspecified atom stereocenters. The van der Waals surface area contributed by atoms with Crippen LogP contribution in [0.4, 0.5) is 5.13 Å². The number of ether oxygens (including phenoxy) is 2. The minimum atomic E-state index is -0.900. The average Bonchev–Trinajstić information content (AvgIpc) is 3.58.